The molecule has 0 aliphatic rings. The van der Waals surface area contributed by atoms with Crippen LogP contribution in [0.1, 0.15) is 5.69 Å². The third kappa shape index (κ3) is 2.08. The van der Waals surface area contributed by atoms with E-state index in [0.29, 0.717) is 23.0 Å². The second-order valence-corrected chi connectivity index (χ2v) is 3.32. The summed E-state index contributed by atoms with van der Waals surface area (Å²) in [5.41, 5.74) is 1.05. The average molecular weight is 217 g/mol. The van der Waals surface area contributed by atoms with Gasteiger partial charge < -0.3 is 9.72 Å². The van der Waals surface area contributed by atoms with Crippen LogP contribution < -0.4 is 10.3 Å². The zero-order valence-electron chi connectivity index (χ0n) is 9.02. The summed E-state index contributed by atoms with van der Waals surface area (Å²) in [6, 6.07) is 4.89. The summed E-state index contributed by atoms with van der Waals surface area (Å²) in [4.78, 5) is 22.2. The number of rotatable bonds is 2. The summed E-state index contributed by atoms with van der Waals surface area (Å²) in [7, 11) is 1.57. The van der Waals surface area contributed by atoms with Gasteiger partial charge in [-0.2, -0.15) is 0 Å². The van der Waals surface area contributed by atoms with Gasteiger partial charge in [0.2, 0.25) is 0 Å². The molecule has 2 rings (SSSR count). The van der Waals surface area contributed by atoms with Gasteiger partial charge in [-0.1, -0.05) is 0 Å². The van der Waals surface area contributed by atoms with Crippen LogP contribution >= 0.6 is 0 Å². The van der Waals surface area contributed by atoms with Crippen molar-refractivity contribution in [2.24, 2.45) is 0 Å². The molecule has 0 aliphatic carbocycles. The van der Waals surface area contributed by atoms with Gasteiger partial charge in [-0.15, -0.1) is 0 Å². The number of hydrogen-bond acceptors (Lipinski definition) is 4. The zero-order chi connectivity index (χ0) is 11.5. The fraction of sp³-hybridized carbons (Fsp3) is 0.182. The summed E-state index contributed by atoms with van der Waals surface area (Å²) in [6.45, 7) is 1.76. The molecule has 1 N–H and O–H groups in total. The van der Waals surface area contributed by atoms with E-state index >= 15 is 0 Å². The lowest BCUT2D eigenvalue weighted by Crippen LogP contribution is -2.09. The zero-order valence-corrected chi connectivity index (χ0v) is 9.02. The van der Waals surface area contributed by atoms with Crippen molar-refractivity contribution in [1.29, 1.82) is 0 Å². The third-order valence-electron chi connectivity index (χ3n) is 2.08. The van der Waals surface area contributed by atoms with E-state index in [1.54, 1.807) is 32.4 Å². The number of aryl methyl sites for hydroxylation is 1. The highest BCUT2D eigenvalue weighted by Gasteiger charge is 2.04. The van der Waals surface area contributed by atoms with E-state index in [0.717, 1.165) is 0 Å². The fourth-order valence-electron chi connectivity index (χ4n) is 1.37. The molecule has 0 saturated heterocycles. The van der Waals surface area contributed by atoms with Crippen molar-refractivity contribution < 1.29 is 4.74 Å². The second kappa shape index (κ2) is 4.14. The predicted octanol–water partition coefficient (Wildman–Crippen LogP) is 1.15. The number of nitrogens with one attached hydrogen (secondary N) is 1. The maximum atomic E-state index is 11.3. The van der Waals surface area contributed by atoms with E-state index in [1.807, 2.05) is 0 Å². The van der Waals surface area contributed by atoms with Crippen molar-refractivity contribution in [2.75, 3.05) is 7.11 Å². The molecule has 5 heteroatoms. The van der Waals surface area contributed by atoms with Crippen LogP contribution in [-0.2, 0) is 0 Å². The largest absolute Gasteiger partial charge is 0.497 e. The van der Waals surface area contributed by atoms with Crippen LogP contribution in [0.2, 0.25) is 0 Å². The Morgan fingerprint density at radius 2 is 2.19 bits per heavy atom. The Hall–Kier alpha value is -2.17. The molecule has 0 amide bonds. The first-order valence-corrected chi connectivity index (χ1v) is 4.77. The predicted molar refractivity (Wildman–Crippen MR) is 59.4 cm³/mol. The maximum Gasteiger partial charge on any atom is 0.251 e. The lowest BCUT2D eigenvalue weighted by Gasteiger charge is -2.03. The van der Waals surface area contributed by atoms with Gasteiger partial charge in [-0.05, 0) is 13.0 Å². The quantitative estimate of drug-likeness (QED) is 0.819. The van der Waals surface area contributed by atoms with E-state index in [2.05, 4.69) is 15.0 Å². The van der Waals surface area contributed by atoms with Crippen molar-refractivity contribution in [1.82, 2.24) is 15.0 Å². The molecule has 0 aromatic carbocycles. The van der Waals surface area contributed by atoms with Crippen LogP contribution in [0.5, 0.6) is 5.75 Å². The summed E-state index contributed by atoms with van der Waals surface area (Å²) < 4.78 is 5.08. The number of nitrogens with zero attached hydrogens (tertiary/aromatic N) is 2. The van der Waals surface area contributed by atoms with Crippen LogP contribution in [0.15, 0.2) is 29.2 Å². The van der Waals surface area contributed by atoms with Crippen molar-refractivity contribution in [2.45, 2.75) is 6.92 Å². The van der Waals surface area contributed by atoms with E-state index in [9.17, 15) is 4.79 Å². The monoisotopic (exact) mass is 217 g/mol. The molecule has 0 bridgehead atoms. The van der Waals surface area contributed by atoms with E-state index < -0.39 is 0 Å². The first-order chi connectivity index (χ1) is 7.69. The standard InChI is InChI=1S/C11H11N3O2/c1-7-5-10(15)14-11(13-7)9-6-8(16-2)3-4-12-9/h3-6H,1-2H3,(H,13,14,15). The van der Waals surface area contributed by atoms with E-state index in [-0.39, 0.29) is 5.56 Å². The highest BCUT2D eigenvalue weighted by molar-refractivity contribution is 5.51. The summed E-state index contributed by atoms with van der Waals surface area (Å²) in [5, 5.41) is 0. The molecule has 0 spiro atoms. The smallest absolute Gasteiger partial charge is 0.251 e. The molecule has 2 aromatic rings. The van der Waals surface area contributed by atoms with E-state index in [1.165, 1.54) is 6.07 Å². The van der Waals surface area contributed by atoms with Crippen molar-refractivity contribution >= 4 is 0 Å². The first-order valence-electron chi connectivity index (χ1n) is 4.77. The molecular formula is C11H11N3O2. The number of aromatic amines is 1. The fourth-order valence-corrected chi connectivity index (χ4v) is 1.37. The molecule has 0 saturated carbocycles. The van der Waals surface area contributed by atoms with Gasteiger partial charge in [0.15, 0.2) is 5.82 Å². The van der Waals surface area contributed by atoms with Crippen LogP contribution in [0.3, 0.4) is 0 Å². The number of ether oxygens (including phenoxy) is 1. The molecule has 0 unspecified atom stereocenters. The Balaban J connectivity index is 2.53. The van der Waals surface area contributed by atoms with Gasteiger partial charge in [-0.3, -0.25) is 9.78 Å². The molecular weight excluding hydrogens is 206 g/mol. The molecule has 0 aliphatic heterocycles. The molecule has 5 nitrogen and oxygen atoms in total. The van der Waals surface area contributed by atoms with Crippen molar-refractivity contribution in [3.8, 4) is 17.3 Å². The van der Waals surface area contributed by atoms with Gasteiger partial charge in [0.25, 0.3) is 5.56 Å². The summed E-state index contributed by atoms with van der Waals surface area (Å²) >= 11 is 0. The van der Waals surface area contributed by atoms with Crippen LogP contribution in [0, 0.1) is 6.92 Å². The number of pyridine rings is 1. The minimum absolute atomic E-state index is 0.188. The normalized spacial score (nSPS) is 10.1. The molecule has 0 radical (unpaired) electrons. The number of H-pyrrole nitrogens is 1. The van der Waals surface area contributed by atoms with E-state index in [4.69, 9.17) is 4.74 Å². The lowest BCUT2D eigenvalue weighted by atomic mass is 10.3. The maximum absolute atomic E-state index is 11.3. The topological polar surface area (TPSA) is 67.9 Å². The minimum Gasteiger partial charge on any atom is -0.497 e. The summed E-state index contributed by atoms with van der Waals surface area (Å²) in [5.74, 6) is 1.12. The molecule has 0 fully saturated rings. The van der Waals surface area contributed by atoms with Crippen molar-refractivity contribution in [3.05, 3.63) is 40.4 Å². The Morgan fingerprint density at radius 1 is 1.38 bits per heavy atom. The number of aromatic nitrogens is 3. The highest BCUT2D eigenvalue weighted by atomic mass is 16.5. The minimum atomic E-state index is -0.188. The molecule has 2 aromatic heterocycles. The van der Waals surface area contributed by atoms with Crippen LogP contribution in [-0.4, -0.2) is 22.1 Å². The lowest BCUT2D eigenvalue weighted by molar-refractivity contribution is 0.414. The molecule has 16 heavy (non-hydrogen) atoms. The Bertz CT molecular complexity index is 563. The Kier molecular flexibility index (Phi) is 2.68. The molecule has 2 heterocycles. The highest BCUT2D eigenvalue weighted by Crippen LogP contribution is 2.16. The Morgan fingerprint density at radius 3 is 2.88 bits per heavy atom. The van der Waals surface area contributed by atoms with Gasteiger partial charge in [0.05, 0.1) is 7.11 Å². The third-order valence-corrected chi connectivity index (χ3v) is 2.08. The number of methoxy groups -OCH3 is 1. The summed E-state index contributed by atoms with van der Waals surface area (Å²) in [6.07, 6.45) is 1.61. The number of hydrogen-bond donors (Lipinski definition) is 1. The van der Waals surface area contributed by atoms with Gasteiger partial charge in [0, 0.05) is 24.0 Å². The van der Waals surface area contributed by atoms with Crippen LogP contribution in [0.4, 0.5) is 0 Å². The molecule has 82 valence electrons. The van der Waals surface area contributed by atoms with Crippen LogP contribution in [0.25, 0.3) is 11.5 Å². The first kappa shape index (κ1) is 10.4. The SMILES string of the molecule is COc1ccnc(-c2nc(C)cc(=O)[nH]2)c1. The van der Waals surface area contributed by atoms with Gasteiger partial charge >= 0.3 is 0 Å². The molecule has 0 atom stereocenters. The average Bonchev–Trinajstić information content (AvgIpc) is 2.28. The Labute approximate surface area is 92.2 Å². The van der Waals surface area contributed by atoms with Gasteiger partial charge in [-0.25, -0.2) is 4.98 Å². The van der Waals surface area contributed by atoms with Gasteiger partial charge in [0.1, 0.15) is 11.4 Å². The van der Waals surface area contributed by atoms with Crippen molar-refractivity contribution in [3.63, 3.8) is 0 Å². The second-order valence-electron chi connectivity index (χ2n) is 3.32.